The zero-order chi connectivity index (χ0) is 16.3. The summed E-state index contributed by atoms with van der Waals surface area (Å²) in [4.78, 5) is 24.0. The molecule has 0 spiro atoms. The van der Waals surface area contributed by atoms with Crippen LogP contribution in [0, 0.1) is 0 Å². The van der Waals surface area contributed by atoms with Gasteiger partial charge in [0.05, 0.1) is 17.6 Å². The van der Waals surface area contributed by atoms with Gasteiger partial charge in [0, 0.05) is 32.7 Å². The van der Waals surface area contributed by atoms with E-state index in [4.69, 9.17) is 9.47 Å². The lowest BCUT2D eigenvalue weighted by Crippen LogP contribution is -2.31. The van der Waals surface area contributed by atoms with E-state index in [-0.39, 0.29) is 24.3 Å². The van der Waals surface area contributed by atoms with E-state index < -0.39 is 0 Å². The Hall–Kier alpha value is -1.44. The molecule has 1 aromatic rings. The molecule has 128 valence electrons. The second kappa shape index (κ2) is 10.4. The van der Waals surface area contributed by atoms with E-state index in [1.54, 1.807) is 6.07 Å². The van der Waals surface area contributed by atoms with Gasteiger partial charge in [-0.1, -0.05) is 6.07 Å². The lowest BCUT2D eigenvalue weighted by atomic mass is 10.2. The maximum atomic E-state index is 11.7. The minimum Gasteiger partial charge on any atom is -0.379 e. The van der Waals surface area contributed by atoms with Crippen molar-refractivity contribution in [2.45, 2.75) is 31.8 Å². The molecule has 2 heterocycles. The van der Waals surface area contributed by atoms with Crippen LogP contribution in [0.2, 0.25) is 0 Å². The third-order valence-electron chi connectivity index (χ3n) is 3.50. The number of hydrogen-bond donors (Lipinski definition) is 2. The molecule has 0 saturated carbocycles. The molecule has 1 atom stereocenters. The van der Waals surface area contributed by atoms with E-state index >= 15 is 0 Å². The van der Waals surface area contributed by atoms with E-state index in [1.807, 2.05) is 11.4 Å². The van der Waals surface area contributed by atoms with Gasteiger partial charge in [-0.25, -0.2) is 0 Å². The normalized spacial score (nSPS) is 17.1. The topological polar surface area (TPSA) is 76.7 Å². The van der Waals surface area contributed by atoms with Gasteiger partial charge in [-0.3, -0.25) is 9.59 Å². The maximum absolute atomic E-state index is 11.7. The summed E-state index contributed by atoms with van der Waals surface area (Å²) < 4.78 is 11.0. The van der Waals surface area contributed by atoms with Gasteiger partial charge in [0.2, 0.25) is 5.91 Å². The SMILES string of the molecule is O=C(CCNC(=O)c1cccs1)NCCCOCC1CCCO1. The van der Waals surface area contributed by atoms with Crippen LogP contribution in [0.25, 0.3) is 0 Å². The number of carbonyl (C=O) groups is 2. The van der Waals surface area contributed by atoms with E-state index in [1.165, 1.54) is 11.3 Å². The van der Waals surface area contributed by atoms with Crippen LogP contribution < -0.4 is 10.6 Å². The van der Waals surface area contributed by atoms with Crippen LogP contribution >= 0.6 is 11.3 Å². The summed E-state index contributed by atoms with van der Waals surface area (Å²) in [6.45, 7) is 3.03. The van der Waals surface area contributed by atoms with Crippen LogP contribution in [-0.2, 0) is 14.3 Å². The Balaban J connectivity index is 1.41. The van der Waals surface area contributed by atoms with E-state index in [0.717, 1.165) is 25.9 Å². The lowest BCUT2D eigenvalue weighted by molar-refractivity contribution is -0.121. The molecule has 0 aromatic carbocycles. The highest BCUT2D eigenvalue weighted by molar-refractivity contribution is 7.12. The Morgan fingerprint density at radius 3 is 3.00 bits per heavy atom. The summed E-state index contributed by atoms with van der Waals surface area (Å²) >= 11 is 1.38. The molecule has 1 aromatic heterocycles. The van der Waals surface area contributed by atoms with Gasteiger partial charge in [0.15, 0.2) is 0 Å². The average molecular weight is 340 g/mol. The molecule has 1 aliphatic heterocycles. The summed E-state index contributed by atoms with van der Waals surface area (Å²) in [6, 6.07) is 3.59. The van der Waals surface area contributed by atoms with Crippen molar-refractivity contribution >= 4 is 23.2 Å². The zero-order valence-corrected chi connectivity index (χ0v) is 14.0. The summed E-state index contributed by atoms with van der Waals surface area (Å²) in [5.41, 5.74) is 0. The number of carbonyl (C=O) groups excluding carboxylic acids is 2. The standard InChI is InChI=1S/C16H24N2O4S/c19-15(6-8-18-16(20)14-5-2-11-23-14)17-7-3-9-21-12-13-4-1-10-22-13/h2,5,11,13H,1,3-4,6-10,12H2,(H,17,19)(H,18,20). The molecule has 2 amide bonds. The van der Waals surface area contributed by atoms with Crippen LogP contribution in [0.4, 0.5) is 0 Å². The van der Waals surface area contributed by atoms with Gasteiger partial charge < -0.3 is 20.1 Å². The van der Waals surface area contributed by atoms with Gasteiger partial charge in [-0.15, -0.1) is 11.3 Å². The molecule has 2 N–H and O–H groups in total. The van der Waals surface area contributed by atoms with Crippen molar-refractivity contribution in [3.8, 4) is 0 Å². The second-order valence-electron chi connectivity index (χ2n) is 5.40. The summed E-state index contributed by atoms with van der Waals surface area (Å²) in [7, 11) is 0. The van der Waals surface area contributed by atoms with Gasteiger partial charge in [-0.2, -0.15) is 0 Å². The molecule has 1 unspecified atom stereocenters. The highest BCUT2D eigenvalue weighted by Crippen LogP contribution is 2.11. The van der Waals surface area contributed by atoms with Crippen molar-refractivity contribution in [2.75, 3.05) is 32.9 Å². The third kappa shape index (κ3) is 7.11. The Morgan fingerprint density at radius 1 is 1.35 bits per heavy atom. The van der Waals surface area contributed by atoms with Gasteiger partial charge in [-0.05, 0) is 30.7 Å². The van der Waals surface area contributed by atoms with Crippen LogP contribution in [0.15, 0.2) is 17.5 Å². The second-order valence-corrected chi connectivity index (χ2v) is 6.34. The van der Waals surface area contributed by atoms with Gasteiger partial charge in [0.1, 0.15) is 0 Å². The summed E-state index contributed by atoms with van der Waals surface area (Å²) in [6.07, 6.45) is 3.51. The molecular formula is C16H24N2O4S. The van der Waals surface area contributed by atoms with Crippen LogP contribution in [-0.4, -0.2) is 50.8 Å². The van der Waals surface area contributed by atoms with Crippen LogP contribution in [0.5, 0.6) is 0 Å². The minimum absolute atomic E-state index is 0.0596. The Kier molecular flexibility index (Phi) is 8.06. The van der Waals surface area contributed by atoms with Crippen molar-refractivity contribution in [1.29, 1.82) is 0 Å². The number of hydrogen-bond acceptors (Lipinski definition) is 5. The van der Waals surface area contributed by atoms with Crippen LogP contribution in [0.3, 0.4) is 0 Å². The maximum Gasteiger partial charge on any atom is 0.261 e. The summed E-state index contributed by atoms with van der Waals surface area (Å²) in [5.74, 6) is -0.189. The van der Waals surface area contributed by atoms with E-state index in [2.05, 4.69) is 10.6 Å². The van der Waals surface area contributed by atoms with Crippen molar-refractivity contribution in [3.63, 3.8) is 0 Å². The lowest BCUT2D eigenvalue weighted by Gasteiger charge is -2.10. The Labute approximate surface area is 140 Å². The Bertz CT molecular complexity index is 472. The molecule has 6 nitrogen and oxygen atoms in total. The van der Waals surface area contributed by atoms with Crippen LogP contribution in [0.1, 0.15) is 35.4 Å². The molecule has 1 saturated heterocycles. The van der Waals surface area contributed by atoms with Crippen molar-refractivity contribution in [3.05, 3.63) is 22.4 Å². The Morgan fingerprint density at radius 2 is 2.26 bits per heavy atom. The molecule has 2 rings (SSSR count). The highest BCUT2D eigenvalue weighted by Gasteiger charge is 2.14. The molecule has 0 aliphatic carbocycles. The first-order valence-electron chi connectivity index (χ1n) is 8.03. The fraction of sp³-hybridized carbons (Fsp3) is 0.625. The minimum atomic E-state index is -0.129. The predicted molar refractivity (Wildman–Crippen MR) is 88.7 cm³/mol. The molecular weight excluding hydrogens is 316 g/mol. The van der Waals surface area contributed by atoms with Crippen molar-refractivity contribution in [2.24, 2.45) is 0 Å². The van der Waals surface area contributed by atoms with Gasteiger partial charge >= 0.3 is 0 Å². The molecule has 0 bridgehead atoms. The first-order chi connectivity index (χ1) is 11.3. The fourth-order valence-electron chi connectivity index (χ4n) is 2.27. The highest BCUT2D eigenvalue weighted by atomic mass is 32.1. The monoisotopic (exact) mass is 340 g/mol. The number of ether oxygens (including phenoxy) is 2. The molecule has 23 heavy (non-hydrogen) atoms. The third-order valence-corrected chi connectivity index (χ3v) is 4.37. The average Bonchev–Trinajstić information content (AvgIpc) is 3.23. The first kappa shape index (κ1) is 17.9. The number of rotatable bonds is 10. The van der Waals surface area contributed by atoms with E-state index in [9.17, 15) is 9.59 Å². The number of thiophene rings is 1. The number of nitrogens with one attached hydrogen (secondary N) is 2. The predicted octanol–water partition coefficient (Wildman–Crippen LogP) is 1.57. The van der Waals surface area contributed by atoms with E-state index in [0.29, 0.717) is 31.2 Å². The van der Waals surface area contributed by atoms with Crippen molar-refractivity contribution < 1.29 is 19.1 Å². The molecule has 1 aliphatic rings. The first-order valence-corrected chi connectivity index (χ1v) is 8.91. The molecule has 1 fully saturated rings. The van der Waals surface area contributed by atoms with Gasteiger partial charge in [0.25, 0.3) is 5.91 Å². The smallest absolute Gasteiger partial charge is 0.261 e. The fourth-order valence-corrected chi connectivity index (χ4v) is 2.91. The molecule has 0 radical (unpaired) electrons. The quantitative estimate of drug-likeness (QED) is 0.634. The number of amides is 2. The zero-order valence-electron chi connectivity index (χ0n) is 13.2. The largest absolute Gasteiger partial charge is 0.379 e. The van der Waals surface area contributed by atoms with Crippen molar-refractivity contribution in [1.82, 2.24) is 10.6 Å². The summed E-state index contributed by atoms with van der Waals surface area (Å²) in [5, 5.41) is 7.40. The molecule has 7 heteroatoms.